The van der Waals surface area contributed by atoms with Crippen LogP contribution in [0.5, 0.6) is 0 Å². The summed E-state index contributed by atoms with van der Waals surface area (Å²) in [5, 5.41) is 9.37. The molecule has 0 spiro atoms. The Hall–Kier alpha value is -2.68. The molecule has 2 aromatic carbocycles. The fraction of sp³-hybridized carbons (Fsp3) is 0.200. The molecule has 0 saturated heterocycles. The highest BCUT2D eigenvalue weighted by Crippen LogP contribution is 2.14. The first-order valence-electron chi connectivity index (χ1n) is 7.63. The lowest BCUT2D eigenvalue weighted by Crippen LogP contribution is -2.15. The minimum atomic E-state index is -0.880. The van der Waals surface area contributed by atoms with E-state index in [1.165, 1.54) is 0 Å². The van der Waals surface area contributed by atoms with Gasteiger partial charge in [0.2, 0.25) is 0 Å². The number of carbonyl (C=O) groups is 2. The number of allylic oxidation sites excluding steroid dienone is 1. The highest BCUT2D eigenvalue weighted by atomic mass is 16.4. The van der Waals surface area contributed by atoms with Gasteiger partial charge in [-0.1, -0.05) is 72.8 Å². The van der Waals surface area contributed by atoms with Crippen LogP contribution in [0.2, 0.25) is 0 Å². The molecular formula is C20H20O3. The number of aliphatic carboxylic acids is 1. The van der Waals surface area contributed by atoms with Crippen molar-refractivity contribution in [2.75, 3.05) is 0 Å². The second-order valence-electron chi connectivity index (χ2n) is 5.51. The summed E-state index contributed by atoms with van der Waals surface area (Å²) in [7, 11) is 0. The van der Waals surface area contributed by atoms with Gasteiger partial charge in [-0.05, 0) is 24.0 Å². The molecule has 0 saturated carbocycles. The number of aldehydes is 1. The molecule has 0 aliphatic carbocycles. The summed E-state index contributed by atoms with van der Waals surface area (Å²) in [5.74, 6) is -1.82. The topological polar surface area (TPSA) is 54.4 Å². The molecule has 0 aliphatic heterocycles. The van der Waals surface area contributed by atoms with Crippen molar-refractivity contribution in [3.63, 3.8) is 0 Å². The monoisotopic (exact) mass is 308 g/mol. The van der Waals surface area contributed by atoms with Crippen LogP contribution in [-0.2, 0) is 22.4 Å². The number of hydrogen-bond acceptors (Lipinski definition) is 2. The second kappa shape index (κ2) is 8.69. The number of carboxylic acids is 1. The SMILES string of the molecule is O=CC(/C=C/C(Cc1ccccc1)C(=O)O)Cc1ccccc1. The zero-order valence-corrected chi connectivity index (χ0v) is 12.8. The Morgan fingerprint density at radius 2 is 1.39 bits per heavy atom. The van der Waals surface area contributed by atoms with Gasteiger partial charge in [0.15, 0.2) is 0 Å². The van der Waals surface area contributed by atoms with Crippen LogP contribution in [0.3, 0.4) is 0 Å². The molecule has 0 radical (unpaired) electrons. The molecule has 0 fully saturated rings. The number of carbonyl (C=O) groups excluding carboxylic acids is 1. The van der Waals surface area contributed by atoms with E-state index in [0.717, 1.165) is 17.4 Å². The van der Waals surface area contributed by atoms with Crippen LogP contribution in [0.15, 0.2) is 72.8 Å². The lowest BCUT2D eigenvalue weighted by atomic mass is 9.95. The van der Waals surface area contributed by atoms with E-state index in [1.54, 1.807) is 12.2 Å². The Morgan fingerprint density at radius 3 is 1.87 bits per heavy atom. The molecule has 0 bridgehead atoms. The van der Waals surface area contributed by atoms with Gasteiger partial charge in [-0.25, -0.2) is 0 Å². The standard InChI is InChI=1S/C20H20O3/c21-15-18(13-16-7-3-1-4-8-16)11-12-19(20(22)23)14-17-9-5-2-6-10-17/h1-12,15,18-19H,13-14H2,(H,22,23)/b12-11+. The molecule has 23 heavy (non-hydrogen) atoms. The van der Waals surface area contributed by atoms with Crippen molar-refractivity contribution in [2.45, 2.75) is 12.8 Å². The third-order valence-electron chi connectivity index (χ3n) is 3.70. The Labute approximate surface area is 136 Å². The molecule has 2 aromatic rings. The van der Waals surface area contributed by atoms with Crippen molar-refractivity contribution in [2.24, 2.45) is 11.8 Å². The first-order chi connectivity index (χ1) is 11.2. The minimum absolute atomic E-state index is 0.310. The fourth-order valence-corrected chi connectivity index (χ4v) is 2.43. The van der Waals surface area contributed by atoms with Gasteiger partial charge in [-0.15, -0.1) is 0 Å². The van der Waals surface area contributed by atoms with E-state index in [0.29, 0.717) is 12.8 Å². The van der Waals surface area contributed by atoms with Crippen LogP contribution in [-0.4, -0.2) is 17.4 Å². The van der Waals surface area contributed by atoms with Crippen molar-refractivity contribution in [1.82, 2.24) is 0 Å². The highest BCUT2D eigenvalue weighted by Gasteiger charge is 2.15. The average Bonchev–Trinajstić information content (AvgIpc) is 2.59. The van der Waals surface area contributed by atoms with Crippen LogP contribution >= 0.6 is 0 Å². The first kappa shape index (κ1) is 16.7. The molecular weight excluding hydrogens is 288 g/mol. The molecule has 2 atom stereocenters. The van der Waals surface area contributed by atoms with Crippen molar-refractivity contribution in [3.8, 4) is 0 Å². The Kier molecular flexibility index (Phi) is 6.30. The lowest BCUT2D eigenvalue weighted by molar-refractivity contribution is -0.140. The van der Waals surface area contributed by atoms with E-state index in [1.807, 2.05) is 60.7 Å². The highest BCUT2D eigenvalue weighted by molar-refractivity contribution is 5.72. The number of carboxylic acid groups (broad SMARTS) is 1. The summed E-state index contributed by atoms with van der Waals surface area (Å²) in [5.41, 5.74) is 2.03. The van der Waals surface area contributed by atoms with E-state index in [9.17, 15) is 14.7 Å². The van der Waals surface area contributed by atoms with Crippen LogP contribution in [0.25, 0.3) is 0 Å². The van der Waals surface area contributed by atoms with Gasteiger partial charge in [0.25, 0.3) is 0 Å². The summed E-state index contributed by atoms with van der Waals surface area (Å²) in [6.07, 6.45) is 5.21. The number of hydrogen-bond donors (Lipinski definition) is 1. The van der Waals surface area contributed by atoms with E-state index in [4.69, 9.17) is 0 Å². The third kappa shape index (κ3) is 5.55. The van der Waals surface area contributed by atoms with Crippen molar-refractivity contribution >= 4 is 12.3 Å². The van der Waals surface area contributed by atoms with Gasteiger partial charge in [0.1, 0.15) is 6.29 Å². The van der Waals surface area contributed by atoms with Gasteiger partial charge in [-0.3, -0.25) is 4.79 Å². The average molecular weight is 308 g/mol. The quantitative estimate of drug-likeness (QED) is 0.599. The van der Waals surface area contributed by atoms with Gasteiger partial charge < -0.3 is 9.90 Å². The molecule has 0 amide bonds. The maximum Gasteiger partial charge on any atom is 0.310 e. The largest absolute Gasteiger partial charge is 0.481 e. The fourth-order valence-electron chi connectivity index (χ4n) is 2.43. The molecule has 0 aromatic heterocycles. The van der Waals surface area contributed by atoms with Crippen molar-refractivity contribution in [1.29, 1.82) is 0 Å². The second-order valence-corrected chi connectivity index (χ2v) is 5.51. The van der Waals surface area contributed by atoms with Gasteiger partial charge in [0, 0.05) is 5.92 Å². The van der Waals surface area contributed by atoms with Gasteiger partial charge in [0.05, 0.1) is 5.92 Å². The molecule has 3 nitrogen and oxygen atoms in total. The summed E-state index contributed by atoms with van der Waals surface area (Å²) in [6, 6.07) is 19.2. The molecule has 0 aliphatic rings. The third-order valence-corrected chi connectivity index (χ3v) is 3.70. The van der Waals surface area contributed by atoms with Crippen LogP contribution in [0.4, 0.5) is 0 Å². The Morgan fingerprint density at radius 1 is 0.870 bits per heavy atom. The zero-order valence-electron chi connectivity index (χ0n) is 12.8. The van der Waals surface area contributed by atoms with E-state index < -0.39 is 11.9 Å². The molecule has 1 N–H and O–H groups in total. The molecule has 118 valence electrons. The summed E-state index contributed by atoms with van der Waals surface area (Å²) in [6.45, 7) is 0. The summed E-state index contributed by atoms with van der Waals surface area (Å²) < 4.78 is 0. The van der Waals surface area contributed by atoms with Crippen molar-refractivity contribution < 1.29 is 14.7 Å². The Bertz CT molecular complexity index is 647. The molecule has 3 heteroatoms. The van der Waals surface area contributed by atoms with Crippen LogP contribution in [0.1, 0.15) is 11.1 Å². The Balaban J connectivity index is 2.03. The smallest absolute Gasteiger partial charge is 0.310 e. The predicted octanol–water partition coefficient (Wildman–Crippen LogP) is 3.54. The molecule has 2 unspecified atom stereocenters. The normalized spacial score (nSPS) is 13.6. The summed E-state index contributed by atoms with van der Waals surface area (Å²) >= 11 is 0. The van der Waals surface area contributed by atoms with Crippen LogP contribution in [0, 0.1) is 11.8 Å². The van der Waals surface area contributed by atoms with Crippen LogP contribution < -0.4 is 0 Å². The lowest BCUT2D eigenvalue weighted by Gasteiger charge is -2.10. The van der Waals surface area contributed by atoms with Gasteiger partial charge in [-0.2, -0.15) is 0 Å². The van der Waals surface area contributed by atoms with E-state index in [-0.39, 0.29) is 5.92 Å². The van der Waals surface area contributed by atoms with E-state index in [2.05, 4.69) is 0 Å². The molecule has 2 rings (SSSR count). The molecule has 0 heterocycles. The maximum atomic E-state index is 11.4. The minimum Gasteiger partial charge on any atom is -0.481 e. The first-order valence-corrected chi connectivity index (χ1v) is 7.63. The maximum absolute atomic E-state index is 11.4. The van der Waals surface area contributed by atoms with E-state index >= 15 is 0 Å². The number of benzene rings is 2. The predicted molar refractivity (Wildman–Crippen MR) is 90.1 cm³/mol. The summed E-state index contributed by atoms with van der Waals surface area (Å²) in [4.78, 5) is 22.7. The van der Waals surface area contributed by atoms with Gasteiger partial charge >= 0.3 is 5.97 Å². The number of rotatable bonds is 8. The zero-order chi connectivity index (χ0) is 16.5. The van der Waals surface area contributed by atoms with Crippen molar-refractivity contribution in [3.05, 3.63) is 83.9 Å².